The second-order valence-corrected chi connectivity index (χ2v) is 5.13. The van der Waals surface area contributed by atoms with Gasteiger partial charge in [-0.1, -0.05) is 6.92 Å². The molecule has 5 heteroatoms. The Balaban J connectivity index is 2.08. The molecule has 2 heterocycles. The molecule has 1 fully saturated rings. The lowest BCUT2D eigenvalue weighted by Crippen LogP contribution is -2.48. The number of carbonyl (C=O) groups is 1. The fourth-order valence-corrected chi connectivity index (χ4v) is 2.44. The van der Waals surface area contributed by atoms with E-state index in [0.29, 0.717) is 6.42 Å². The molecule has 5 nitrogen and oxygen atoms in total. The summed E-state index contributed by atoms with van der Waals surface area (Å²) in [4.78, 5) is 22.7. The highest BCUT2D eigenvalue weighted by molar-refractivity contribution is 5.75. The van der Waals surface area contributed by atoms with E-state index in [2.05, 4.69) is 20.2 Å². The van der Waals surface area contributed by atoms with E-state index in [-0.39, 0.29) is 11.9 Å². The van der Waals surface area contributed by atoms with Crippen LogP contribution in [0, 0.1) is 13.8 Å². The van der Waals surface area contributed by atoms with E-state index in [1.807, 2.05) is 20.8 Å². The predicted octanol–water partition coefficient (Wildman–Crippen LogP) is 1.59. The molecular weight excluding hydrogens is 240 g/mol. The molecule has 1 saturated heterocycles. The van der Waals surface area contributed by atoms with Crippen LogP contribution in [0.25, 0.3) is 0 Å². The molecule has 0 radical (unpaired) electrons. The quantitative estimate of drug-likeness (QED) is 0.898. The maximum Gasteiger partial charge on any atom is 0.219 e. The van der Waals surface area contributed by atoms with Gasteiger partial charge in [-0.05, 0) is 26.7 Å². The molecule has 1 atom stereocenters. The van der Waals surface area contributed by atoms with Crippen LogP contribution in [0.1, 0.15) is 37.6 Å². The van der Waals surface area contributed by atoms with Crippen molar-refractivity contribution in [2.75, 3.05) is 18.0 Å². The molecule has 0 bridgehead atoms. The number of nitrogens with one attached hydrogen (secondary N) is 1. The van der Waals surface area contributed by atoms with Crippen molar-refractivity contribution in [1.82, 2.24) is 15.3 Å². The SMILES string of the molecule is CCC(=O)NC1CCCN(c2nc(C)cnc2C)C1. The molecule has 1 aliphatic rings. The maximum atomic E-state index is 11.5. The first-order valence-electron chi connectivity index (χ1n) is 6.94. The minimum Gasteiger partial charge on any atom is -0.353 e. The number of amides is 1. The molecule has 1 aromatic rings. The Morgan fingerprint density at radius 2 is 2.32 bits per heavy atom. The van der Waals surface area contributed by atoms with E-state index in [1.165, 1.54) is 0 Å². The predicted molar refractivity (Wildman–Crippen MR) is 75.2 cm³/mol. The Hall–Kier alpha value is -1.65. The van der Waals surface area contributed by atoms with E-state index in [9.17, 15) is 4.79 Å². The summed E-state index contributed by atoms with van der Waals surface area (Å²) in [6, 6.07) is 0.225. The van der Waals surface area contributed by atoms with Crippen molar-refractivity contribution in [3.63, 3.8) is 0 Å². The van der Waals surface area contributed by atoms with Crippen LogP contribution in [0.15, 0.2) is 6.20 Å². The van der Waals surface area contributed by atoms with Gasteiger partial charge >= 0.3 is 0 Å². The topological polar surface area (TPSA) is 58.1 Å². The summed E-state index contributed by atoms with van der Waals surface area (Å²) in [5.41, 5.74) is 1.88. The molecule has 0 aromatic carbocycles. The van der Waals surface area contributed by atoms with Crippen LogP contribution < -0.4 is 10.2 Å². The highest BCUT2D eigenvalue weighted by Gasteiger charge is 2.23. The second kappa shape index (κ2) is 5.99. The Bertz CT molecular complexity index is 461. The number of aromatic nitrogens is 2. The Labute approximate surface area is 114 Å². The zero-order valence-electron chi connectivity index (χ0n) is 11.9. The summed E-state index contributed by atoms with van der Waals surface area (Å²) in [7, 11) is 0. The van der Waals surface area contributed by atoms with Crippen LogP contribution in [0.3, 0.4) is 0 Å². The number of nitrogens with zero attached hydrogens (tertiary/aromatic N) is 3. The summed E-state index contributed by atoms with van der Waals surface area (Å²) in [5, 5.41) is 3.07. The van der Waals surface area contributed by atoms with E-state index in [1.54, 1.807) is 6.20 Å². The average Bonchev–Trinajstić information content (AvgIpc) is 2.41. The third-order valence-electron chi connectivity index (χ3n) is 3.46. The van der Waals surface area contributed by atoms with Gasteiger partial charge in [-0.15, -0.1) is 0 Å². The minimum atomic E-state index is 0.124. The van der Waals surface area contributed by atoms with Crippen molar-refractivity contribution >= 4 is 11.7 Å². The molecule has 1 N–H and O–H groups in total. The van der Waals surface area contributed by atoms with Crippen molar-refractivity contribution in [2.45, 2.75) is 46.1 Å². The van der Waals surface area contributed by atoms with Crippen LogP contribution in [0.5, 0.6) is 0 Å². The average molecular weight is 262 g/mol. The van der Waals surface area contributed by atoms with Gasteiger partial charge < -0.3 is 10.2 Å². The van der Waals surface area contributed by atoms with Gasteiger partial charge in [0.05, 0.1) is 11.4 Å². The Kier molecular flexibility index (Phi) is 4.35. The summed E-state index contributed by atoms with van der Waals surface area (Å²) < 4.78 is 0. The number of piperidine rings is 1. The lowest BCUT2D eigenvalue weighted by molar-refractivity contribution is -0.121. The zero-order chi connectivity index (χ0) is 13.8. The van der Waals surface area contributed by atoms with E-state index in [0.717, 1.165) is 43.1 Å². The fraction of sp³-hybridized carbons (Fsp3) is 0.643. The first-order valence-corrected chi connectivity index (χ1v) is 6.94. The van der Waals surface area contributed by atoms with Crippen molar-refractivity contribution in [3.05, 3.63) is 17.6 Å². The molecule has 104 valence electrons. The molecule has 1 amide bonds. The van der Waals surface area contributed by atoms with Gasteiger partial charge in [0.25, 0.3) is 0 Å². The van der Waals surface area contributed by atoms with Crippen LogP contribution in [-0.2, 0) is 4.79 Å². The summed E-state index contributed by atoms with van der Waals surface area (Å²) >= 11 is 0. The lowest BCUT2D eigenvalue weighted by Gasteiger charge is -2.34. The summed E-state index contributed by atoms with van der Waals surface area (Å²) in [6.45, 7) is 7.63. The van der Waals surface area contributed by atoms with Crippen molar-refractivity contribution in [2.24, 2.45) is 0 Å². The number of carbonyl (C=O) groups excluding carboxylic acids is 1. The molecule has 2 rings (SSSR count). The highest BCUT2D eigenvalue weighted by Crippen LogP contribution is 2.20. The smallest absolute Gasteiger partial charge is 0.219 e. The molecule has 1 aliphatic heterocycles. The summed E-state index contributed by atoms with van der Waals surface area (Å²) in [5.74, 6) is 1.08. The van der Waals surface area contributed by atoms with Crippen molar-refractivity contribution in [3.8, 4) is 0 Å². The number of hydrogen-bond acceptors (Lipinski definition) is 4. The lowest BCUT2D eigenvalue weighted by atomic mass is 10.1. The monoisotopic (exact) mass is 262 g/mol. The second-order valence-electron chi connectivity index (χ2n) is 5.13. The Morgan fingerprint density at radius 3 is 3.05 bits per heavy atom. The van der Waals surface area contributed by atoms with Gasteiger partial charge in [0, 0.05) is 31.7 Å². The van der Waals surface area contributed by atoms with Gasteiger partial charge in [0.2, 0.25) is 5.91 Å². The first kappa shape index (κ1) is 13.8. The number of rotatable bonds is 3. The van der Waals surface area contributed by atoms with Gasteiger partial charge in [-0.25, -0.2) is 4.98 Å². The number of hydrogen-bond donors (Lipinski definition) is 1. The summed E-state index contributed by atoms with van der Waals surface area (Å²) in [6.07, 6.45) is 4.45. The van der Waals surface area contributed by atoms with Crippen LogP contribution >= 0.6 is 0 Å². The van der Waals surface area contributed by atoms with E-state index >= 15 is 0 Å². The molecule has 19 heavy (non-hydrogen) atoms. The van der Waals surface area contributed by atoms with E-state index in [4.69, 9.17) is 0 Å². The fourth-order valence-electron chi connectivity index (χ4n) is 2.44. The maximum absolute atomic E-state index is 11.5. The standard InChI is InChI=1S/C14H22N4O/c1-4-13(19)17-12-6-5-7-18(9-12)14-11(3)15-8-10(2)16-14/h8,12H,4-7,9H2,1-3H3,(H,17,19). The molecule has 1 unspecified atom stereocenters. The third kappa shape index (κ3) is 3.43. The third-order valence-corrected chi connectivity index (χ3v) is 3.46. The number of anilines is 1. The molecule has 0 spiro atoms. The first-order chi connectivity index (χ1) is 9.10. The van der Waals surface area contributed by atoms with Crippen molar-refractivity contribution < 1.29 is 4.79 Å². The number of aryl methyl sites for hydroxylation is 2. The molecule has 0 aliphatic carbocycles. The van der Waals surface area contributed by atoms with Crippen LogP contribution in [-0.4, -0.2) is 35.0 Å². The van der Waals surface area contributed by atoms with Gasteiger partial charge in [-0.2, -0.15) is 0 Å². The molecular formula is C14H22N4O. The molecule has 1 aromatic heterocycles. The molecule has 0 saturated carbocycles. The van der Waals surface area contributed by atoms with Crippen molar-refractivity contribution in [1.29, 1.82) is 0 Å². The zero-order valence-corrected chi connectivity index (χ0v) is 11.9. The van der Waals surface area contributed by atoms with Gasteiger partial charge in [-0.3, -0.25) is 9.78 Å². The Morgan fingerprint density at radius 1 is 1.53 bits per heavy atom. The largest absolute Gasteiger partial charge is 0.353 e. The van der Waals surface area contributed by atoms with Gasteiger partial charge in [0.15, 0.2) is 0 Å². The van der Waals surface area contributed by atoms with Crippen LogP contribution in [0.4, 0.5) is 5.82 Å². The van der Waals surface area contributed by atoms with E-state index < -0.39 is 0 Å². The normalized spacial score (nSPS) is 19.3. The highest BCUT2D eigenvalue weighted by atomic mass is 16.1. The van der Waals surface area contributed by atoms with Gasteiger partial charge in [0.1, 0.15) is 5.82 Å². The van der Waals surface area contributed by atoms with Crippen LogP contribution in [0.2, 0.25) is 0 Å². The minimum absolute atomic E-state index is 0.124.